The van der Waals surface area contributed by atoms with Gasteiger partial charge in [0.25, 0.3) is 0 Å². The van der Waals surface area contributed by atoms with Crippen LogP contribution in [0.4, 0.5) is 0 Å². The Balaban J connectivity index is 1.96. The summed E-state index contributed by atoms with van der Waals surface area (Å²) >= 11 is 0. The van der Waals surface area contributed by atoms with Crippen LogP contribution in [0.3, 0.4) is 0 Å². The van der Waals surface area contributed by atoms with E-state index < -0.39 is 10.0 Å². The first-order valence-corrected chi connectivity index (χ1v) is 8.94. The molecule has 6 heteroatoms. The highest BCUT2D eigenvalue weighted by Gasteiger charge is 2.19. The van der Waals surface area contributed by atoms with E-state index in [9.17, 15) is 8.42 Å². The number of aromatic nitrogens is 1. The van der Waals surface area contributed by atoms with Crippen molar-refractivity contribution < 1.29 is 8.42 Å². The van der Waals surface area contributed by atoms with E-state index >= 15 is 0 Å². The Bertz CT molecular complexity index is 509. The molecule has 1 aromatic rings. The maximum absolute atomic E-state index is 12.2. The number of nitrogens with zero attached hydrogens (tertiary/aromatic N) is 1. The number of nitrogens with one attached hydrogen (secondary N) is 1. The lowest BCUT2D eigenvalue weighted by molar-refractivity contribution is 0.495. The van der Waals surface area contributed by atoms with E-state index in [-0.39, 0.29) is 0 Å². The largest absolute Gasteiger partial charge is 0.349 e. The Hall–Kier alpha value is -0.850. The van der Waals surface area contributed by atoms with Gasteiger partial charge < -0.3 is 10.3 Å². The Labute approximate surface area is 121 Å². The number of sulfonamides is 1. The molecule has 0 atom stereocenters. The van der Waals surface area contributed by atoms with Gasteiger partial charge in [-0.3, -0.25) is 0 Å². The van der Waals surface area contributed by atoms with E-state index in [0.717, 1.165) is 18.7 Å². The van der Waals surface area contributed by atoms with Crippen LogP contribution in [-0.4, -0.2) is 19.5 Å². The van der Waals surface area contributed by atoms with E-state index in [2.05, 4.69) is 4.72 Å². The summed E-state index contributed by atoms with van der Waals surface area (Å²) in [5.74, 6) is 0.692. The van der Waals surface area contributed by atoms with Gasteiger partial charge in [0.2, 0.25) is 10.0 Å². The summed E-state index contributed by atoms with van der Waals surface area (Å²) in [6.07, 6.45) is 7.67. The third kappa shape index (κ3) is 3.62. The molecule has 20 heavy (non-hydrogen) atoms. The monoisotopic (exact) mass is 299 g/mol. The Morgan fingerprint density at radius 3 is 2.65 bits per heavy atom. The molecule has 0 aromatic carbocycles. The van der Waals surface area contributed by atoms with E-state index in [0.29, 0.717) is 23.9 Å². The van der Waals surface area contributed by atoms with Crippen molar-refractivity contribution in [2.45, 2.75) is 57.0 Å². The Morgan fingerprint density at radius 2 is 2.10 bits per heavy atom. The van der Waals surface area contributed by atoms with E-state index in [4.69, 9.17) is 5.73 Å². The maximum atomic E-state index is 12.2. The van der Waals surface area contributed by atoms with Crippen molar-refractivity contribution in [3.8, 4) is 0 Å². The second-order valence-electron chi connectivity index (χ2n) is 5.49. The molecule has 5 nitrogen and oxygen atoms in total. The molecule has 1 aliphatic rings. The highest BCUT2D eigenvalue weighted by molar-refractivity contribution is 7.89. The van der Waals surface area contributed by atoms with Crippen LogP contribution in [0.25, 0.3) is 0 Å². The zero-order chi connectivity index (χ0) is 14.6. The first-order valence-electron chi connectivity index (χ1n) is 7.45. The summed E-state index contributed by atoms with van der Waals surface area (Å²) in [5.41, 5.74) is 6.48. The van der Waals surface area contributed by atoms with Crippen molar-refractivity contribution in [1.29, 1.82) is 0 Å². The molecule has 0 radical (unpaired) electrons. The fraction of sp³-hybridized carbons (Fsp3) is 0.714. The van der Waals surface area contributed by atoms with Gasteiger partial charge in [0.15, 0.2) is 0 Å². The average molecular weight is 299 g/mol. The standard InChI is InChI=1S/C14H25N3O2S/c1-2-17-11-14(9-13(17)10-15)20(18,19)16-8-7-12-5-3-4-6-12/h9,11-12,16H,2-8,10,15H2,1H3. The van der Waals surface area contributed by atoms with Crippen LogP contribution >= 0.6 is 0 Å². The van der Waals surface area contributed by atoms with Gasteiger partial charge in [0.1, 0.15) is 0 Å². The number of nitrogens with two attached hydrogens (primary N) is 1. The van der Waals surface area contributed by atoms with Crippen LogP contribution in [0.2, 0.25) is 0 Å². The lowest BCUT2D eigenvalue weighted by Gasteiger charge is -2.09. The predicted molar refractivity (Wildman–Crippen MR) is 79.8 cm³/mol. The van der Waals surface area contributed by atoms with Crippen molar-refractivity contribution in [3.05, 3.63) is 18.0 Å². The minimum Gasteiger partial charge on any atom is -0.349 e. The minimum absolute atomic E-state index is 0.325. The maximum Gasteiger partial charge on any atom is 0.242 e. The van der Waals surface area contributed by atoms with Crippen molar-refractivity contribution >= 4 is 10.0 Å². The highest BCUT2D eigenvalue weighted by Crippen LogP contribution is 2.27. The van der Waals surface area contributed by atoms with Crippen molar-refractivity contribution in [1.82, 2.24) is 9.29 Å². The van der Waals surface area contributed by atoms with Gasteiger partial charge in [-0.05, 0) is 25.3 Å². The third-order valence-electron chi connectivity index (χ3n) is 4.14. The molecule has 0 spiro atoms. The molecule has 3 N–H and O–H groups in total. The summed E-state index contributed by atoms with van der Waals surface area (Å²) in [5, 5.41) is 0. The van der Waals surface area contributed by atoms with E-state index in [1.165, 1.54) is 25.7 Å². The third-order valence-corrected chi connectivity index (χ3v) is 5.57. The summed E-state index contributed by atoms with van der Waals surface area (Å²) in [7, 11) is -3.40. The molecule has 114 valence electrons. The Kier molecular flexibility index (Phi) is 5.23. The number of aryl methyl sites for hydroxylation is 1. The summed E-state index contributed by atoms with van der Waals surface area (Å²) < 4.78 is 29.1. The molecular formula is C14H25N3O2S. The molecule has 1 saturated carbocycles. The van der Waals surface area contributed by atoms with Gasteiger partial charge in [-0.25, -0.2) is 13.1 Å². The van der Waals surface area contributed by atoms with Gasteiger partial charge in [-0.15, -0.1) is 0 Å². The topological polar surface area (TPSA) is 77.1 Å². The molecule has 1 aliphatic carbocycles. The smallest absolute Gasteiger partial charge is 0.242 e. The first-order chi connectivity index (χ1) is 9.56. The van der Waals surface area contributed by atoms with Crippen LogP contribution < -0.4 is 10.5 Å². The SMILES string of the molecule is CCn1cc(S(=O)(=O)NCCC2CCCC2)cc1CN. The Morgan fingerprint density at radius 1 is 1.40 bits per heavy atom. The quantitative estimate of drug-likeness (QED) is 0.806. The van der Waals surface area contributed by atoms with Crippen LogP contribution in [0, 0.1) is 5.92 Å². The summed E-state index contributed by atoms with van der Waals surface area (Å²) in [6.45, 7) is 3.58. The van der Waals surface area contributed by atoms with Crippen molar-refractivity contribution in [2.75, 3.05) is 6.54 Å². The fourth-order valence-corrected chi connectivity index (χ4v) is 4.03. The van der Waals surface area contributed by atoms with Gasteiger partial charge in [0, 0.05) is 31.5 Å². The lowest BCUT2D eigenvalue weighted by atomic mass is 10.1. The zero-order valence-electron chi connectivity index (χ0n) is 12.1. The molecule has 0 amide bonds. The molecule has 0 unspecified atom stereocenters. The van der Waals surface area contributed by atoms with Crippen LogP contribution in [0.1, 0.15) is 44.7 Å². The molecule has 1 heterocycles. The molecule has 2 rings (SSSR count). The summed E-state index contributed by atoms with van der Waals surface area (Å²) in [4.78, 5) is 0.325. The molecule has 0 saturated heterocycles. The zero-order valence-corrected chi connectivity index (χ0v) is 13.0. The van der Waals surface area contributed by atoms with Gasteiger partial charge in [0.05, 0.1) is 4.90 Å². The minimum atomic E-state index is -3.40. The fourth-order valence-electron chi connectivity index (χ4n) is 2.92. The lowest BCUT2D eigenvalue weighted by Crippen LogP contribution is -2.25. The first kappa shape index (κ1) is 15.5. The average Bonchev–Trinajstić information content (AvgIpc) is 3.07. The molecule has 0 aliphatic heterocycles. The second kappa shape index (κ2) is 6.74. The van der Waals surface area contributed by atoms with E-state index in [1.54, 1.807) is 12.3 Å². The van der Waals surface area contributed by atoms with Crippen molar-refractivity contribution in [3.63, 3.8) is 0 Å². The summed E-state index contributed by atoms with van der Waals surface area (Å²) in [6, 6.07) is 1.67. The number of hydrogen-bond acceptors (Lipinski definition) is 3. The van der Waals surface area contributed by atoms with Gasteiger partial charge in [-0.2, -0.15) is 0 Å². The van der Waals surface area contributed by atoms with E-state index in [1.807, 2.05) is 11.5 Å². The number of hydrogen-bond donors (Lipinski definition) is 2. The molecule has 1 fully saturated rings. The highest BCUT2D eigenvalue weighted by atomic mass is 32.2. The molecule has 1 aromatic heterocycles. The predicted octanol–water partition coefficient (Wildman–Crippen LogP) is 1.83. The molecule has 0 bridgehead atoms. The van der Waals surface area contributed by atoms with Crippen LogP contribution in [0.5, 0.6) is 0 Å². The number of rotatable bonds is 7. The second-order valence-corrected chi connectivity index (χ2v) is 7.26. The molecular weight excluding hydrogens is 274 g/mol. The van der Waals surface area contributed by atoms with Crippen molar-refractivity contribution in [2.24, 2.45) is 11.7 Å². The normalized spacial score (nSPS) is 16.9. The van der Waals surface area contributed by atoms with Crippen LogP contribution in [-0.2, 0) is 23.1 Å². The van der Waals surface area contributed by atoms with Gasteiger partial charge >= 0.3 is 0 Å². The van der Waals surface area contributed by atoms with Crippen LogP contribution in [0.15, 0.2) is 17.2 Å². The van der Waals surface area contributed by atoms with Gasteiger partial charge in [-0.1, -0.05) is 25.7 Å².